The van der Waals surface area contributed by atoms with Crippen molar-refractivity contribution in [2.45, 2.75) is 6.54 Å². The van der Waals surface area contributed by atoms with E-state index < -0.39 is 0 Å². The number of amides is 1. The summed E-state index contributed by atoms with van der Waals surface area (Å²) in [5.74, 6) is 0.365. The molecule has 4 rings (SSSR count). The number of benzene rings is 3. The predicted octanol–water partition coefficient (Wildman–Crippen LogP) is 6.73. The van der Waals surface area contributed by atoms with Gasteiger partial charge in [-0.1, -0.05) is 52.5 Å². The number of halogens is 4. The van der Waals surface area contributed by atoms with Crippen molar-refractivity contribution < 1.29 is 9.53 Å². The van der Waals surface area contributed by atoms with Crippen LogP contribution in [0.15, 0.2) is 54.6 Å². The molecule has 5 nitrogen and oxygen atoms in total. The van der Waals surface area contributed by atoms with Crippen LogP contribution < -0.4 is 10.1 Å². The van der Waals surface area contributed by atoms with Crippen molar-refractivity contribution in [2.75, 3.05) is 45.2 Å². The molecule has 1 aliphatic heterocycles. The van der Waals surface area contributed by atoms with Gasteiger partial charge in [0.2, 0.25) is 0 Å². The SMILES string of the molecule is CN1CCN(Cc2cc(-c3cc(Cl)cc(Cl)c3)ccc2OCC(=O)Nc2ccc(Cl)c(Cl)c2)CC1. The first-order valence-corrected chi connectivity index (χ1v) is 12.7. The Morgan fingerprint density at radius 3 is 2.26 bits per heavy atom. The molecule has 1 saturated heterocycles. The maximum absolute atomic E-state index is 12.5. The number of rotatable bonds is 7. The van der Waals surface area contributed by atoms with Crippen LogP contribution in [0.2, 0.25) is 20.1 Å². The highest BCUT2D eigenvalue weighted by molar-refractivity contribution is 6.42. The van der Waals surface area contributed by atoms with Crippen LogP contribution in [0.3, 0.4) is 0 Å². The van der Waals surface area contributed by atoms with Crippen molar-refractivity contribution in [2.24, 2.45) is 0 Å². The molecule has 1 heterocycles. The third kappa shape index (κ3) is 7.26. The minimum absolute atomic E-state index is 0.141. The molecule has 0 aromatic heterocycles. The molecular weight excluding hydrogens is 528 g/mol. The number of carbonyl (C=O) groups excluding carboxylic acids is 1. The van der Waals surface area contributed by atoms with E-state index in [0.717, 1.165) is 42.9 Å². The van der Waals surface area contributed by atoms with Gasteiger partial charge in [0.25, 0.3) is 5.91 Å². The maximum Gasteiger partial charge on any atom is 0.262 e. The van der Waals surface area contributed by atoms with Gasteiger partial charge in [0, 0.05) is 54.0 Å². The first-order valence-electron chi connectivity index (χ1n) is 11.1. The lowest BCUT2D eigenvalue weighted by molar-refractivity contribution is -0.118. The maximum atomic E-state index is 12.5. The van der Waals surface area contributed by atoms with Gasteiger partial charge in [0.1, 0.15) is 5.75 Å². The Hall–Kier alpha value is -1.99. The zero-order valence-corrected chi connectivity index (χ0v) is 22.2. The number of nitrogens with one attached hydrogen (secondary N) is 1. The van der Waals surface area contributed by atoms with Crippen molar-refractivity contribution in [1.29, 1.82) is 0 Å². The van der Waals surface area contributed by atoms with Crippen LogP contribution in [-0.4, -0.2) is 55.5 Å². The first-order chi connectivity index (χ1) is 16.8. The number of hydrogen-bond acceptors (Lipinski definition) is 4. The number of piperazine rings is 1. The Morgan fingerprint density at radius 1 is 0.857 bits per heavy atom. The molecule has 1 amide bonds. The fourth-order valence-corrected chi connectivity index (χ4v) is 4.73. The standard InChI is InChI=1S/C26H25Cl4N3O2/c1-32-6-8-33(9-7-32)15-19-10-17(18-11-20(27)13-21(28)12-18)2-5-25(19)35-16-26(34)31-22-3-4-23(29)24(30)14-22/h2-5,10-14H,6-9,15-16H2,1H3,(H,31,34). The topological polar surface area (TPSA) is 44.8 Å². The summed E-state index contributed by atoms with van der Waals surface area (Å²) < 4.78 is 5.97. The minimum atomic E-state index is -0.292. The van der Waals surface area contributed by atoms with Gasteiger partial charge in [-0.15, -0.1) is 0 Å². The second-order valence-electron chi connectivity index (χ2n) is 8.53. The molecule has 0 atom stereocenters. The Labute approximate surface area is 225 Å². The first kappa shape index (κ1) is 26.1. The minimum Gasteiger partial charge on any atom is -0.483 e. The second kappa shape index (κ2) is 11.8. The van der Waals surface area contributed by atoms with E-state index in [1.54, 1.807) is 24.3 Å². The number of nitrogens with zero attached hydrogens (tertiary/aromatic N) is 2. The molecule has 0 unspecified atom stereocenters. The molecule has 184 valence electrons. The van der Waals surface area contributed by atoms with Crippen LogP contribution in [0.1, 0.15) is 5.56 Å². The van der Waals surface area contributed by atoms with E-state index in [0.29, 0.717) is 38.1 Å². The smallest absolute Gasteiger partial charge is 0.262 e. The molecule has 1 aliphatic rings. The Kier molecular flexibility index (Phi) is 8.82. The van der Waals surface area contributed by atoms with E-state index in [-0.39, 0.29) is 12.5 Å². The monoisotopic (exact) mass is 551 g/mol. The lowest BCUT2D eigenvalue weighted by Crippen LogP contribution is -2.43. The van der Waals surface area contributed by atoms with Gasteiger partial charge < -0.3 is 15.0 Å². The van der Waals surface area contributed by atoms with Crippen LogP contribution in [0, 0.1) is 0 Å². The molecule has 0 bridgehead atoms. The number of likely N-dealkylation sites (N-methyl/N-ethyl adjacent to an activating group) is 1. The van der Waals surface area contributed by atoms with E-state index in [1.165, 1.54) is 0 Å². The van der Waals surface area contributed by atoms with Crippen molar-refractivity contribution in [3.63, 3.8) is 0 Å². The molecule has 0 spiro atoms. The van der Waals surface area contributed by atoms with Gasteiger partial charge in [0.05, 0.1) is 10.0 Å². The number of carbonyl (C=O) groups is 1. The third-order valence-electron chi connectivity index (χ3n) is 5.81. The molecule has 3 aromatic rings. The molecule has 1 fully saturated rings. The van der Waals surface area contributed by atoms with Gasteiger partial charge in [-0.2, -0.15) is 0 Å². The predicted molar refractivity (Wildman–Crippen MR) is 145 cm³/mol. The molecule has 1 N–H and O–H groups in total. The fraction of sp³-hybridized carbons (Fsp3) is 0.269. The van der Waals surface area contributed by atoms with Gasteiger partial charge in [0.15, 0.2) is 6.61 Å². The molecule has 35 heavy (non-hydrogen) atoms. The average molecular weight is 553 g/mol. The summed E-state index contributed by atoms with van der Waals surface area (Å²) >= 11 is 24.4. The van der Waals surface area contributed by atoms with E-state index >= 15 is 0 Å². The Morgan fingerprint density at radius 2 is 1.57 bits per heavy atom. The van der Waals surface area contributed by atoms with Crippen molar-refractivity contribution in [3.8, 4) is 16.9 Å². The van der Waals surface area contributed by atoms with Gasteiger partial charge in [-0.05, 0) is 66.7 Å². The fourth-order valence-electron chi connectivity index (χ4n) is 3.91. The van der Waals surface area contributed by atoms with Crippen LogP contribution in [-0.2, 0) is 11.3 Å². The summed E-state index contributed by atoms with van der Waals surface area (Å²) in [5.41, 5.74) is 3.45. The quantitative estimate of drug-likeness (QED) is 0.353. The van der Waals surface area contributed by atoms with E-state index in [2.05, 4.69) is 28.2 Å². The lowest BCUT2D eigenvalue weighted by Gasteiger charge is -2.32. The zero-order chi connectivity index (χ0) is 24.9. The molecular formula is C26H25Cl4N3O2. The summed E-state index contributed by atoms with van der Waals surface area (Å²) in [4.78, 5) is 17.2. The summed E-state index contributed by atoms with van der Waals surface area (Å²) in [6, 6.07) is 16.3. The number of anilines is 1. The third-order valence-corrected chi connectivity index (χ3v) is 6.98. The highest BCUT2D eigenvalue weighted by atomic mass is 35.5. The molecule has 9 heteroatoms. The highest BCUT2D eigenvalue weighted by Crippen LogP contribution is 2.32. The Balaban J connectivity index is 1.52. The van der Waals surface area contributed by atoms with E-state index in [4.69, 9.17) is 51.1 Å². The average Bonchev–Trinajstić information content (AvgIpc) is 2.81. The van der Waals surface area contributed by atoms with Crippen LogP contribution in [0.25, 0.3) is 11.1 Å². The molecule has 0 radical (unpaired) electrons. The number of hydrogen-bond donors (Lipinski definition) is 1. The zero-order valence-electron chi connectivity index (χ0n) is 19.2. The lowest BCUT2D eigenvalue weighted by atomic mass is 10.0. The summed E-state index contributed by atoms with van der Waals surface area (Å²) in [6.45, 7) is 4.50. The van der Waals surface area contributed by atoms with Gasteiger partial charge in [-0.3, -0.25) is 9.69 Å². The van der Waals surface area contributed by atoms with Crippen LogP contribution in [0.5, 0.6) is 5.75 Å². The van der Waals surface area contributed by atoms with E-state index in [1.807, 2.05) is 24.3 Å². The van der Waals surface area contributed by atoms with Gasteiger partial charge in [-0.25, -0.2) is 0 Å². The van der Waals surface area contributed by atoms with Crippen LogP contribution in [0.4, 0.5) is 5.69 Å². The highest BCUT2D eigenvalue weighted by Gasteiger charge is 2.17. The van der Waals surface area contributed by atoms with Gasteiger partial charge >= 0.3 is 0 Å². The molecule has 0 aliphatic carbocycles. The summed E-state index contributed by atoms with van der Waals surface area (Å²) in [5, 5.41) is 4.73. The number of ether oxygens (including phenoxy) is 1. The van der Waals surface area contributed by atoms with Crippen molar-refractivity contribution in [1.82, 2.24) is 9.80 Å². The van der Waals surface area contributed by atoms with Crippen LogP contribution >= 0.6 is 46.4 Å². The normalized spacial score (nSPS) is 14.7. The molecule has 0 saturated carbocycles. The molecule has 3 aromatic carbocycles. The largest absolute Gasteiger partial charge is 0.483 e. The van der Waals surface area contributed by atoms with E-state index in [9.17, 15) is 4.79 Å². The Bertz CT molecular complexity index is 1190. The van der Waals surface area contributed by atoms with Crippen molar-refractivity contribution in [3.05, 3.63) is 80.3 Å². The summed E-state index contributed by atoms with van der Waals surface area (Å²) in [7, 11) is 2.13. The van der Waals surface area contributed by atoms with Crippen molar-refractivity contribution >= 4 is 58.0 Å². The summed E-state index contributed by atoms with van der Waals surface area (Å²) in [6.07, 6.45) is 0. The second-order valence-corrected chi connectivity index (χ2v) is 10.2.